The number of aromatic nitrogens is 4. The number of aromatic amines is 1. The van der Waals surface area contributed by atoms with Crippen molar-refractivity contribution in [1.29, 1.82) is 0 Å². The molecule has 0 atom stereocenters. The molecule has 24 heavy (non-hydrogen) atoms. The molecule has 1 aromatic carbocycles. The fourth-order valence-electron chi connectivity index (χ4n) is 2.32. The monoisotopic (exact) mass is 323 g/mol. The van der Waals surface area contributed by atoms with E-state index in [1.165, 1.54) is 16.8 Å². The van der Waals surface area contributed by atoms with Gasteiger partial charge in [-0.3, -0.25) is 14.7 Å². The summed E-state index contributed by atoms with van der Waals surface area (Å²) in [6.45, 7) is 2.43. The molecule has 7 heteroatoms. The Balaban J connectivity index is 1.81. The van der Waals surface area contributed by atoms with Crippen molar-refractivity contribution in [2.45, 2.75) is 19.9 Å². The molecule has 0 saturated carbocycles. The van der Waals surface area contributed by atoms with Crippen molar-refractivity contribution in [2.75, 3.05) is 5.32 Å². The Kier molecular flexibility index (Phi) is 4.51. The fourth-order valence-corrected chi connectivity index (χ4v) is 2.32. The number of nitrogens with one attached hydrogen (secondary N) is 2. The van der Waals surface area contributed by atoms with E-state index in [1.54, 1.807) is 12.3 Å². The zero-order valence-electron chi connectivity index (χ0n) is 13.2. The lowest BCUT2D eigenvalue weighted by atomic mass is 10.1. The number of benzene rings is 1. The highest BCUT2D eigenvalue weighted by molar-refractivity contribution is 6.02. The Bertz CT molecular complexity index is 899. The fraction of sp³-hybridized carbons (Fsp3) is 0.176. The number of rotatable bonds is 5. The molecule has 2 aromatic heterocycles. The highest BCUT2D eigenvalue weighted by atomic mass is 16.2. The third kappa shape index (κ3) is 3.40. The summed E-state index contributed by atoms with van der Waals surface area (Å²) in [7, 11) is 0. The van der Waals surface area contributed by atoms with E-state index in [0.29, 0.717) is 12.2 Å². The van der Waals surface area contributed by atoms with Crippen LogP contribution in [0.5, 0.6) is 0 Å². The molecule has 0 radical (unpaired) electrons. The van der Waals surface area contributed by atoms with E-state index >= 15 is 0 Å². The molecule has 0 saturated heterocycles. The number of anilines is 1. The molecule has 0 bridgehead atoms. The van der Waals surface area contributed by atoms with Crippen LogP contribution in [0.3, 0.4) is 0 Å². The first kappa shape index (κ1) is 15.7. The summed E-state index contributed by atoms with van der Waals surface area (Å²) < 4.78 is 1.30. The summed E-state index contributed by atoms with van der Waals surface area (Å²) >= 11 is 0. The van der Waals surface area contributed by atoms with Gasteiger partial charge in [-0.15, -0.1) is 0 Å². The van der Waals surface area contributed by atoms with Gasteiger partial charge >= 0.3 is 0 Å². The smallest absolute Gasteiger partial charge is 0.276 e. The van der Waals surface area contributed by atoms with E-state index in [1.807, 2.05) is 31.2 Å². The summed E-state index contributed by atoms with van der Waals surface area (Å²) in [5.41, 5.74) is 2.40. The van der Waals surface area contributed by atoms with Gasteiger partial charge in [-0.05, 0) is 30.7 Å². The zero-order chi connectivity index (χ0) is 16.9. The number of carbonyl (C=O) groups excluding carboxylic acids is 1. The van der Waals surface area contributed by atoms with E-state index < -0.39 is 0 Å². The van der Waals surface area contributed by atoms with Gasteiger partial charge in [0.25, 0.3) is 11.5 Å². The predicted molar refractivity (Wildman–Crippen MR) is 90.8 cm³/mol. The number of H-pyrrole nitrogens is 1. The molecule has 122 valence electrons. The molecular weight excluding hydrogens is 306 g/mol. The Morgan fingerprint density at radius 2 is 2.12 bits per heavy atom. The number of carbonyl (C=O) groups is 1. The van der Waals surface area contributed by atoms with Crippen LogP contribution in [0.25, 0.3) is 11.3 Å². The SMILES string of the molecule is CCCn1nc(C(=O)Nc2cccc(-c3ccn[nH]3)c2)ccc1=O. The van der Waals surface area contributed by atoms with Gasteiger partial charge in [-0.2, -0.15) is 10.2 Å². The maximum Gasteiger partial charge on any atom is 0.276 e. The second-order valence-electron chi connectivity index (χ2n) is 5.29. The molecule has 0 aliphatic heterocycles. The standard InChI is InChI=1S/C17H17N5O2/c1-2-10-22-16(23)7-6-15(21-22)17(24)19-13-5-3-4-12(11-13)14-8-9-18-20-14/h3-9,11H,2,10H2,1H3,(H,18,20)(H,19,24). The highest BCUT2D eigenvalue weighted by Gasteiger charge is 2.10. The van der Waals surface area contributed by atoms with Crippen molar-refractivity contribution in [3.8, 4) is 11.3 Å². The number of hydrogen-bond donors (Lipinski definition) is 2. The Morgan fingerprint density at radius 1 is 1.25 bits per heavy atom. The van der Waals surface area contributed by atoms with Crippen LogP contribution in [0.15, 0.2) is 53.5 Å². The van der Waals surface area contributed by atoms with E-state index in [9.17, 15) is 9.59 Å². The molecule has 3 rings (SSSR count). The lowest BCUT2D eigenvalue weighted by molar-refractivity contribution is 0.102. The minimum absolute atomic E-state index is 0.204. The summed E-state index contributed by atoms with van der Waals surface area (Å²) in [4.78, 5) is 24.0. The van der Waals surface area contributed by atoms with Crippen molar-refractivity contribution < 1.29 is 4.79 Å². The second kappa shape index (κ2) is 6.91. The maximum atomic E-state index is 12.4. The van der Waals surface area contributed by atoms with Gasteiger partial charge in [-0.25, -0.2) is 4.68 Å². The molecule has 0 spiro atoms. The van der Waals surface area contributed by atoms with Crippen LogP contribution in [0.4, 0.5) is 5.69 Å². The molecule has 7 nitrogen and oxygen atoms in total. The predicted octanol–water partition coefficient (Wildman–Crippen LogP) is 2.30. The van der Waals surface area contributed by atoms with Crippen LogP contribution in [0.1, 0.15) is 23.8 Å². The van der Waals surface area contributed by atoms with Gasteiger partial charge in [0.15, 0.2) is 0 Å². The van der Waals surface area contributed by atoms with Crippen molar-refractivity contribution in [3.63, 3.8) is 0 Å². The summed E-state index contributed by atoms with van der Waals surface area (Å²) in [6.07, 6.45) is 2.44. The molecule has 2 heterocycles. The van der Waals surface area contributed by atoms with E-state index in [0.717, 1.165) is 17.7 Å². The molecular formula is C17H17N5O2. The first-order chi connectivity index (χ1) is 11.7. The average Bonchev–Trinajstić information content (AvgIpc) is 3.12. The second-order valence-corrected chi connectivity index (χ2v) is 5.29. The third-order valence-electron chi connectivity index (χ3n) is 3.47. The Morgan fingerprint density at radius 3 is 2.88 bits per heavy atom. The lowest BCUT2D eigenvalue weighted by Gasteiger charge is -2.08. The normalized spacial score (nSPS) is 10.5. The van der Waals surface area contributed by atoms with Crippen LogP contribution in [0.2, 0.25) is 0 Å². The first-order valence-corrected chi connectivity index (χ1v) is 7.66. The van der Waals surface area contributed by atoms with Crippen molar-refractivity contribution >= 4 is 11.6 Å². The largest absolute Gasteiger partial charge is 0.321 e. The summed E-state index contributed by atoms with van der Waals surface area (Å²) in [6, 6.07) is 12.0. The molecule has 0 unspecified atom stereocenters. The van der Waals surface area contributed by atoms with E-state index in [-0.39, 0.29) is 17.2 Å². The average molecular weight is 323 g/mol. The lowest BCUT2D eigenvalue weighted by Crippen LogP contribution is -2.26. The number of nitrogens with zero attached hydrogens (tertiary/aromatic N) is 3. The maximum absolute atomic E-state index is 12.4. The zero-order valence-corrected chi connectivity index (χ0v) is 13.2. The van der Waals surface area contributed by atoms with Crippen LogP contribution in [-0.2, 0) is 6.54 Å². The van der Waals surface area contributed by atoms with E-state index in [2.05, 4.69) is 20.6 Å². The Labute approximate surface area is 138 Å². The van der Waals surface area contributed by atoms with E-state index in [4.69, 9.17) is 0 Å². The van der Waals surface area contributed by atoms with Crippen molar-refractivity contribution in [2.24, 2.45) is 0 Å². The van der Waals surface area contributed by atoms with Crippen LogP contribution >= 0.6 is 0 Å². The quantitative estimate of drug-likeness (QED) is 0.753. The number of hydrogen-bond acceptors (Lipinski definition) is 4. The molecule has 1 amide bonds. The van der Waals surface area contributed by atoms with Gasteiger partial charge in [0.2, 0.25) is 0 Å². The summed E-state index contributed by atoms with van der Waals surface area (Å²) in [5, 5.41) is 13.7. The van der Waals surface area contributed by atoms with Gasteiger partial charge in [0.1, 0.15) is 5.69 Å². The summed E-state index contributed by atoms with van der Waals surface area (Å²) in [5.74, 6) is -0.360. The van der Waals surface area contributed by atoms with Gasteiger partial charge in [-0.1, -0.05) is 19.1 Å². The third-order valence-corrected chi connectivity index (χ3v) is 3.47. The van der Waals surface area contributed by atoms with Gasteiger partial charge in [0, 0.05) is 30.1 Å². The molecule has 2 N–H and O–H groups in total. The Hall–Kier alpha value is -3.22. The van der Waals surface area contributed by atoms with Gasteiger partial charge < -0.3 is 5.32 Å². The van der Waals surface area contributed by atoms with Crippen molar-refractivity contribution in [3.05, 3.63) is 64.7 Å². The minimum atomic E-state index is -0.360. The van der Waals surface area contributed by atoms with Crippen LogP contribution in [0, 0.1) is 0 Å². The highest BCUT2D eigenvalue weighted by Crippen LogP contribution is 2.20. The van der Waals surface area contributed by atoms with Crippen LogP contribution in [-0.4, -0.2) is 25.9 Å². The van der Waals surface area contributed by atoms with Crippen molar-refractivity contribution in [1.82, 2.24) is 20.0 Å². The van der Waals surface area contributed by atoms with Crippen LogP contribution < -0.4 is 10.9 Å². The molecule has 3 aromatic rings. The molecule has 0 fully saturated rings. The molecule has 0 aliphatic rings. The topological polar surface area (TPSA) is 92.7 Å². The number of amides is 1. The number of aryl methyl sites for hydroxylation is 1. The minimum Gasteiger partial charge on any atom is -0.321 e. The van der Waals surface area contributed by atoms with Gasteiger partial charge in [0.05, 0.1) is 5.69 Å². The first-order valence-electron chi connectivity index (χ1n) is 7.66. The molecule has 0 aliphatic carbocycles.